The average molecular weight is 398 g/mol. The summed E-state index contributed by atoms with van der Waals surface area (Å²) >= 11 is 0. The van der Waals surface area contributed by atoms with E-state index in [2.05, 4.69) is 13.0 Å². The van der Waals surface area contributed by atoms with Gasteiger partial charge in [-0.15, -0.1) is 0 Å². The van der Waals surface area contributed by atoms with E-state index in [1.165, 1.54) is 18.4 Å². The van der Waals surface area contributed by atoms with Gasteiger partial charge in [-0.05, 0) is 67.9 Å². The van der Waals surface area contributed by atoms with Crippen molar-refractivity contribution in [3.8, 4) is 17.1 Å². The monoisotopic (exact) mass is 397 g/mol. The van der Waals surface area contributed by atoms with Crippen LogP contribution in [-0.4, -0.2) is 25.1 Å². The number of ether oxygens (including phenoxy) is 2. The van der Waals surface area contributed by atoms with Crippen molar-refractivity contribution in [1.29, 1.82) is 0 Å². The van der Waals surface area contributed by atoms with Crippen LogP contribution in [0.4, 0.5) is 5.69 Å². The number of rotatable bonds is 9. The van der Waals surface area contributed by atoms with Gasteiger partial charge in [-0.2, -0.15) is 0 Å². The van der Waals surface area contributed by atoms with Crippen LogP contribution in [-0.2, 0) is 22.4 Å². The highest BCUT2D eigenvalue weighted by Crippen LogP contribution is 2.35. The zero-order chi connectivity index (χ0) is 20.4. The molecular weight excluding hydrogens is 366 g/mol. The number of nitrogens with two attached hydrogens (primary N) is 1. The van der Waals surface area contributed by atoms with Crippen molar-refractivity contribution in [2.45, 2.75) is 58.5 Å². The van der Waals surface area contributed by atoms with Crippen LogP contribution in [0, 0.1) is 11.8 Å². The van der Waals surface area contributed by atoms with Gasteiger partial charge in [0.2, 0.25) is 0 Å². The predicted octanol–water partition coefficient (Wildman–Crippen LogP) is 4.81. The highest BCUT2D eigenvalue weighted by Gasteiger charge is 2.25. The minimum atomic E-state index is 0.186. The zero-order valence-electron chi connectivity index (χ0n) is 17.4. The van der Waals surface area contributed by atoms with E-state index in [4.69, 9.17) is 19.6 Å². The Morgan fingerprint density at radius 2 is 2.10 bits per heavy atom. The Balaban J connectivity index is 1.37. The lowest BCUT2D eigenvalue weighted by Gasteiger charge is -2.23. The molecule has 156 valence electrons. The number of Topliss-reactive ketones (excluding diaryl/α,β-unsaturated/α-hetero) is 1. The Bertz CT molecular complexity index is 868. The Hall–Kier alpha value is -2.27. The first kappa shape index (κ1) is 20.0. The molecule has 5 heteroatoms. The van der Waals surface area contributed by atoms with Gasteiger partial charge < -0.3 is 24.4 Å². The van der Waals surface area contributed by atoms with Crippen LogP contribution in [0.15, 0.2) is 28.7 Å². The van der Waals surface area contributed by atoms with E-state index < -0.39 is 0 Å². The molecule has 2 aromatic rings. The maximum absolute atomic E-state index is 11.2. The normalized spacial score (nSPS) is 19.6. The molecule has 0 aliphatic heterocycles. The van der Waals surface area contributed by atoms with Gasteiger partial charge in [0.1, 0.15) is 23.1 Å². The number of ketones is 1. The van der Waals surface area contributed by atoms with Crippen LogP contribution >= 0.6 is 0 Å². The van der Waals surface area contributed by atoms with Gasteiger partial charge in [0.15, 0.2) is 0 Å². The summed E-state index contributed by atoms with van der Waals surface area (Å²) in [6.07, 6.45) is 5.96. The number of hydrogen-bond donors (Lipinski definition) is 1. The standard InChI is InChI=1S/C24H31NO4/c1-15(9-16(2)26)13-27-20-6-8-22-19(10-20)12-24(29-22)18-5-7-23(21(25)11-18)28-14-17-3-4-17/h5,7,11-12,15,17,20H,3-4,6,8-10,13-14,25H2,1-2H3. The van der Waals surface area contributed by atoms with Crippen LogP contribution in [0.2, 0.25) is 0 Å². The molecule has 2 aliphatic rings. The van der Waals surface area contributed by atoms with E-state index in [9.17, 15) is 4.79 Å². The molecule has 0 saturated heterocycles. The molecule has 0 amide bonds. The molecule has 1 aromatic heterocycles. The second-order valence-electron chi connectivity index (χ2n) is 8.78. The summed E-state index contributed by atoms with van der Waals surface area (Å²) in [7, 11) is 0. The number of carbonyl (C=O) groups is 1. The lowest BCUT2D eigenvalue weighted by Crippen LogP contribution is -2.24. The number of benzene rings is 1. The second kappa shape index (κ2) is 8.62. The van der Waals surface area contributed by atoms with E-state index in [1.807, 2.05) is 18.2 Å². The highest BCUT2D eigenvalue weighted by atomic mass is 16.5. The summed E-state index contributed by atoms with van der Waals surface area (Å²) in [5, 5.41) is 0. The SMILES string of the molecule is CC(=O)CC(C)COC1CCc2oc(-c3ccc(OCC4CC4)c(N)c3)cc2C1. The van der Waals surface area contributed by atoms with Gasteiger partial charge in [0.05, 0.1) is 18.4 Å². The van der Waals surface area contributed by atoms with E-state index in [0.717, 1.165) is 48.7 Å². The molecule has 0 bridgehead atoms. The Labute approximate surface area is 172 Å². The second-order valence-corrected chi connectivity index (χ2v) is 8.78. The summed E-state index contributed by atoms with van der Waals surface area (Å²) in [6.45, 7) is 5.08. The summed E-state index contributed by atoms with van der Waals surface area (Å²) in [4.78, 5) is 11.2. The molecule has 1 heterocycles. The van der Waals surface area contributed by atoms with Crippen molar-refractivity contribution < 1.29 is 18.7 Å². The molecule has 2 atom stereocenters. The molecule has 1 fully saturated rings. The van der Waals surface area contributed by atoms with Gasteiger partial charge in [-0.1, -0.05) is 6.92 Å². The quantitative estimate of drug-likeness (QED) is 0.615. The average Bonchev–Trinajstić information content (AvgIpc) is 3.41. The fourth-order valence-corrected chi connectivity index (χ4v) is 3.95. The Morgan fingerprint density at radius 3 is 2.83 bits per heavy atom. The maximum Gasteiger partial charge on any atom is 0.142 e. The fourth-order valence-electron chi connectivity index (χ4n) is 3.95. The third-order valence-corrected chi connectivity index (χ3v) is 5.76. The molecule has 0 radical (unpaired) electrons. The van der Waals surface area contributed by atoms with Gasteiger partial charge in [-0.3, -0.25) is 0 Å². The largest absolute Gasteiger partial charge is 0.491 e. The van der Waals surface area contributed by atoms with Crippen molar-refractivity contribution in [3.05, 3.63) is 35.6 Å². The Kier molecular flexibility index (Phi) is 5.95. The smallest absolute Gasteiger partial charge is 0.142 e. The van der Waals surface area contributed by atoms with Gasteiger partial charge >= 0.3 is 0 Å². The highest BCUT2D eigenvalue weighted by molar-refractivity contribution is 5.75. The molecule has 5 nitrogen and oxygen atoms in total. The fraction of sp³-hybridized carbons (Fsp3) is 0.542. The van der Waals surface area contributed by atoms with E-state index >= 15 is 0 Å². The summed E-state index contributed by atoms with van der Waals surface area (Å²) in [6, 6.07) is 8.00. The molecule has 1 aromatic carbocycles. The van der Waals surface area contributed by atoms with Crippen LogP contribution < -0.4 is 10.5 Å². The van der Waals surface area contributed by atoms with Crippen molar-refractivity contribution >= 4 is 11.5 Å². The van der Waals surface area contributed by atoms with Gasteiger partial charge in [-0.25, -0.2) is 0 Å². The maximum atomic E-state index is 11.2. The number of nitrogen functional groups attached to an aromatic ring is 1. The first-order valence-corrected chi connectivity index (χ1v) is 10.7. The minimum absolute atomic E-state index is 0.186. The molecule has 2 aliphatic carbocycles. The topological polar surface area (TPSA) is 74.7 Å². The third-order valence-electron chi connectivity index (χ3n) is 5.76. The lowest BCUT2D eigenvalue weighted by molar-refractivity contribution is -0.118. The summed E-state index contributed by atoms with van der Waals surface area (Å²) in [5.41, 5.74) is 9.04. The number of furan rings is 1. The van der Waals surface area contributed by atoms with Gasteiger partial charge in [0, 0.05) is 31.4 Å². The van der Waals surface area contributed by atoms with Crippen molar-refractivity contribution in [2.24, 2.45) is 11.8 Å². The number of fused-ring (bicyclic) bond motifs is 1. The first-order chi connectivity index (χ1) is 14.0. The molecule has 0 spiro atoms. The number of anilines is 1. The van der Waals surface area contributed by atoms with Crippen molar-refractivity contribution in [2.75, 3.05) is 18.9 Å². The molecule has 2 N–H and O–H groups in total. The predicted molar refractivity (Wildman–Crippen MR) is 113 cm³/mol. The van der Waals surface area contributed by atoms with Crippen LogP contribution in [0.1, 0.15) is 50.9 Å². The van der Waals surface area contributed by atoms with Crippen LogP contribution in [0.3, 0.4) is 0 Å². The summed E-state index contributed by atoms with van der Waals surface area (Å²) < 4.78 is 18.0. The summed E-state index contributed by atoms with van der Waals surface area (Å²) in [5.74, 6) is 3.83. The van der Waals surface area contributed by atoms with E-state index in [0.29, 0.717) is 24.6 Å². The van der Waals surface area contributed by atoms with E-state index in [1.54, 1.807) is 6.92 Å². The number of aryl methyl sites for hydroxylation is 1. The van der Waals surface area contributed by atoms with Crippen molar-refractivity contribution in [1.82, 2.24) is 0 Å². The lowest BCUT2D eigenvalue weighted by atomic mass is 9.95. The van der Waals surface area contributed by atoms with Crippen LogP contribution in [0.5, 0.6) is 5.75 Å². The molecule has 2 unspecified atom stereocenters. The van der Waals surface area contributed by atoms with Crippen molar-refractivity contribution in [3.63, 3.8) is 0 Å². The van der Waals surface area contributed by atoms with Gasteiger partial charge in [0.25, 0.3) is 0 Å². The number of carbonyl (C=O) groups excluding carboxylic acids is 1. The Morgan fingerprint density at radius 1 is 1.28 bits per heavy atom. The molecular formula is C24H31NO4. The molecule has 29 heavy (non-hydrogen) atoms. The molecule has 4 rings (SSSR count). The third kappa shape index (κ3) is 5.21. The number of hydrogen-bond acceptors (Lipinski definition) is 5. The van der Waals surface area contributed by atoms with Crippen LogP contribution in [0.25, 0.3) is 11.3 Å². The molecule has 1 saturated carbocycles. The minimum Gasteiger partial charge on any atom is -0.491 e. The zero-order valence-corrected chi connectivity index (χ0v) is 17.4. The first-order valence-electron chi connectivity index (χ1n) is 10.7. The van der Waals surface area contributed by atoms with E-state index in [-0.39, 0.29) is 17.8 Å².